The summed E-state index contributed by atoms with van der Waals surface area (Å²) < 4.78 is 13.7. The van der Waals surface area contributed by atoms with Gasteiger partial charge in [-0.15, -0.1) is 0 Å². The van der Waals surface area contributed by atoms with Crippen LogP contribution in [-0.4, -0.2) is 47.1 Å². The SMILES string of the molecule is CN(C)C(C)(C)CNc1cc(F)c(C(=O)O)cc1[N+](=O)[O-]. The van der Waals surface area contributed by atoms with E-state index in [1.54, 1.807) is 0 Å². The zero-order valence-corrected chi connectivity index (χ0v) is 12.3. The van der Waals surface area contributed by atoms with Gasteiger partial charge in [0.2, 0.25) is 0 Å². The number of aromatic carboxylic acids is 1. The minimum absolute atomic E-state index is 0.0441. The Bertz CT molecular complexity index is 573. The van der Waals surface area contributed by atoms with E-state index in [1.165, 1.54) is 0 Å². The van der Waals surface area contributed by atoms with Crippen molar-refractivity contribution in [3.63, 3.8) is 0 Å². The van der Waals surface area contributed by atoms with Gasteiger partial charge in [0, 0.05) is 24.2 Å². The third kappa shape index (κ3) is 3.88. The third-order valence-electron chi connectivity index (χ3n) is 3.43. The molecule has 1 aromatic carbocycles. The van der Waals surface area contributed by atoms with E-state index in [0.29, 0.717) is 6.54 Å². The number of rotatable bonds is 6. The number of halogens is 1. The van der Waals surface area contributed by atoms with E-state index in [2.05, 4.69) is 5.32 Å². The normalized spacial score (nSPS) is 11.5. The van der Waals surface area contributed by atoms with Crippen molar-refractivity contribution in [1.82, 2.24) is 4.90 Å². The van der Waals surface area contributed by atoms with Crippen molar-refractivity contribution in [2.45, 2.75) is 19.4 Å². The average molecular weight is 299 g/mol. The number of anilines is 1. The standard InChI is InChI=1S/C13H18FN3O4/c1-13(2,16(3)4)7-15-10-6-9(14)8(12(18)19)5-11(10)17(20)21/h5-6,15H,7H2,1-4H3,(H,18,19). The molecule has 0 aromatic heterocycles. The van der Waals surface area contributed by atoms with Crippen LogP contribution in [0.25, 0.3) is 0 Å². The van der Waals surface area contributed by atoms with Crippen LogP contribution in [0.3, 0.4) is 0 Å². The Morgan fingerprint density at radius 1 is 1.48 bits per heavy atom. The second kappa shape index (κ2) is 6.04. The molecule has 0 unspecified atom stereocenters. The van der Waals surface area contributed by atoms with E-state index in [-0.39, 0.29) is 11.2 Å². The summed E-state index contributed by atoms with van der Waals surface area (Å²) in [5.74, 6) is -2.56. The van der Waals surface area contributed by atoms with Crippen LogP contribution >= 0.6 is 0 Å². The molecule has 0 fully saturated rings. The molecule has 2 N–H and O–H groups in total. The first-order valence-corrected chi connectivity index (χ1v) is 6.19. The number of nitro groups is 1. The highest BCUT2D eigenvalue weighted by molar-refractivity contribution is 5.90. The van der Waals surface area contributed by atoms with Crippen LogP contribution < -0.4 is 5.32 Å². The van der Waals surface area contributed by atoms with Gasteiger partial charge in [-0.1, -0.05) is 0 Å². The van der Waals surface area contributed by atoms with E-state index >= 15 is 0 Å². The van der Waals surface area contributed by atoms with Crippen molar-refractivity contribution in [3.8, 4) is 0 Å². The number of carboxylic acid groups (broad SMARTS) is 1. The van der Waals surface area contributed by atoms with Gasteiger partial charge in [-0.25, -0.2) is 9.18 Å². The molecule has 0 atom stereocenters. The maximum Gasteiger partial charge on any atom is 0.338 e. The minimum atomic E-state index is -1.55. The molecule has 0 amide bonds. The molecule has 0 aliphatic carbocycles. The smallest absolute Gasteiger partial charge is 0.338 e. The third-order valence-corrected chi connectivity index (χ3v) is 3.43. The monoisotopic (exact) mass is 299 g/mol. The number of nitrogens with zero attached hydrogens (tertiary/aromatic N) is 2. The second-order valence-electron chi connectivity index (χ2n) is 5.47. The average Bonchev–Trinajstić information content (AvgIpc) is 2.35. The summed E-state index contributed by atoms with van der Waals surface area (Å²) >= 11 is 0. The van der Waals surface area contributed by atoms with Crippen LogP contribution in [0.2, 0.25) is 0 Å². The van der Waals surface area contributed by atoms with Crippen molar-refractivity contribution >= 4 is 17.3 Å². The first kappa shape index (κ1) is 16.8. The predicted molar refractivity (Wildman–Crippen MR) is 76.3 cm³/mol. The lowest BCUT2D eigenvalue weighted by molar-refractivity contribution is -0.384. The number of benzene rings is 1. The Hall–Kier alpha value is -2.22. The van der Waals surface area contributed by atoms with E-state index in [4.69, 9.17) is 5.11 Å². The van der Waals surface area contributed by atoms with Crippen molar-refractivity contribution in [1.29, 1.82) is 0 Å². The minimum Gasteiger partial charge on any atom is -0.478 e. The zero-order valence-electron chi connectivity index (χ0n) is 12.3. The molecule has 0 aliphatic heterocycles. The summed E-state index contributed by atoms with van der Waals surface area (Å²) in [6.45, 7) is 4.15. The highest BCUT2D eigenvalue weighted by Gasteiger charge is 2.25. The fourth-order valence-corrected chi connectivity index (χ4v) is 1.49. The Morgan fingerprint density at radius 2 is 2.05 bits per heavy atom. The van der Waals surface area contributed by atoms with Crippen LogP contribution in [-0.2, 0) is 0 Å². The summed E-state index contributed by atoms with van der Waals surface area (Å²) in [6.07, 6.45) is 0. The lowest BCUT2D eigenvalue weighted by Crippen LogP contribution is -2.44. The Kier molecular flexibility index (Phi) is 4.84. The number of nitro benzene ring substituents is 1. The number of carbonyl (C=O) groups is 1. The van der Waals surface area contributed by atoms with E-state index in [1.807, 2.05) is 32.8 Å². The second-order valence-corrected chi connectivity index (χ2v) is 5.47. The molecule has 0 radical (unpaired) electrons. The Balaban J connectivity index is 3.15. The summed E-state index contributed by atoms with van der Waals surface area (Å²) in [5.41, 5.74) is -1.56. The summed E-state index contributed by atoms with van der Waals surface area (Å²) in [5, 5.41) is 22.6. The first-order chi connectivity index (χ1) is 9.56. The van der Waals surface area contributed by atoms with Crippen LogP contribution in [0.15, 0.2) is 12.1 Å². The first-order valence-electron chi connectivity index (χ1n) is 6.19. The fourth-order valence-electron chi connectivity index (χ4n) is 1.49. The predicted octanol–water partition coefficient (Wildman–Crippen LogP) is 2.18. The van der Waals surface area contributed by atoms with Crippen LogP contribution in [0.4, 0.5) is 15.8 Å². The molecule has 0 saturated carbocycles. The maximum absolute atomic E-state index is 13.7. The molecular formula is C13H18FN3O4. The summed E-state index contributed by atoms with van der Waals surface area (Å²) in [4.78, 5) is 23.0. The van der Waals surface area contributed by atoms with Gasteiger partial charge in [-0.2, -0.15) is 0 Å². The largest absolute Gasteiger partial charge is 0.478 e. The molecule has 0 heterocycles. The van der Waals surface area contributed by atoms with Crippen LogP contribution in [0, 0.1) is 15.9 Å². The Labute approximate surface area is 121 Å². The van der Waals surface area contributed by atoms with Crippen molar-refractivity contribution in [2.75, 3.05) is 26.0 Å². The van der Waals surface area contributed by atoms with Gasteiger partial charge in [-0.05, 0) is 27.9 Å². The molecule has 0 bridgehead atoms. The van der Waals surface area contributed by atoms with Gasteiger partial charge in [-0.3, -0.25) is 10.1 Å². The van der Waals surface area contributed by atoms with Crippen molar-refractivity contribution < 1.29 is 19.2 Å². The summed E-state index contributed by atoms with van der Waals surface area (Å²) in [7, 11) is 3.70. The fraction of sp³-hybridized carbons (Fsp3) is 0.462. The lowest BCUT2D eigenvalue weighted by atomic mass is 10.0. The highest BCUT2D eigenvalue weighted by atomic mass is 19.1. The lowest BCUT2D eigenvalue weighted by Gasteiger charge is -2.32. The van der Waals surface area contributed by atoms with Gasteiger partial charge in [0.15, 0.2) is 0 Å². The molecule has 8 heteroatoms. The molecule has 21 heavy (non-hydrogen) atoms. The van der Waals surface area contributed by atoms with Crippen molar-refractivity contribution in [3.05, 3.63) is 33.6 Å². The Morgan fingerprint density at radius 3 is 2.48 bits per heavy atom. The van der Waals surface area contributed by atoms with Crippen LogP contribution in [0.1, 0.15) is 24.2 Å². The molecule has 7 nitrogen and oxygen atoms in total. The zero-order chi connectivity index (χ0) is 16.4. The molecule has 1 rings (SSSR count). The molecule has 0 aliphatic rings. The molecule has 0 spiro atoms. The van der Waals surface area contributed by atoms with Gasteiger partial charge < -0.3 is 15.3 Å². The van der Waals surface area contributed by atoms with Crippen molar-refractivity contribution in [2.24, 2.45) is 0 Å². The van der Waals surface area contributed by atoms with Gasteiger partial charge in [0.1, 0.15) is 17.1 Å². The van der Waals surface area contributed by atoms with Gasteiger partial charge in [0.25, 0.3) is 5.69 Å². The number of likely N-dealkylation sites (N-methyl/N-ethyl adjacent to an activating group) is 1. The van der Waals surface area contributed by atoms with Crippen LogP contribution in [0.5, 0.6) is 0 Å². The maximum atomic E-state index is 13.7. The van der Waals surface area contributed by atoms with Gasteiger partial charge in [0.05, 0.1) is 4.92 Å². The summed E-state index contributed by atoms with van der Waals surface area (Å²) in [6, 6.07) is 1.57. The number of hydrogen-bond donors (Lipinski definition) is 2. The molecule has 116 valence electrons. The quantitative estimate of drug-likeness (QED) is 0.617. The van der Waals surface area contributed by atoms with Gasteiger partial charge >= 0.3 is 5.97 Å². The van der Waals surface area contributed by atoms with E-state index < -0.39 is 28.0 Å². The van der Waals surface area contributed by atoms with E-state index in [9.17, 15) is 19.3 Å². The van der Waals surface area contributed by atoms with E-state index in [0.717, 1.165) is 12.1 Å². The molecule has 1 aromatic rings. The number of nitrogens with one attached hydrogen (secondary N) is 1. The topological polar surface area (TPSA) is 95.7 Å². The molecular weight excluding hydrogens is 281 g/mol. The highest BCUT2D eigenvalue weighted by Crippen LogP contribution is 2.28. The number of carboxylic acids is 1. The molecule has 0 saturated heterocycles. The number of hydrogen-bond acceptors (Lipinski definition) is 5.